The second kappa shape index (κ2) is 9.41. The molecule has 1 unspecified atom stereocenters. The van der Waals surface area contributed by atoms with E-state index in [0.29, 0.717) is 12.4 Å². The number of ether oxygens (including phenoxy) is 1. The largest absolute Gasteiger partial charge is 0.489 e. The van der Waals surface area contributed by atoms with Crippen molar-refractivity contribution < 1.29 is 9.53 Å². The summed E-state index contributed by atoms with van der Waals surface area (Å²) in [6.07, 6.45) is 4.87. The Balaban J connectivity index is 1.34. The minimum absolute atomic E-state index is 0.140. The third kappa shape index (κ3) is 4.97. The molecule has 0 saturated carbocycles. The van der Waals surface area contributed by atoms with Gasteiger partial charge in [0, 0.05) is 16.0 Å². The average molecular weight is 449 g/mol. The van der Waals surface area contributed by atoms with Crippen molar-refractivity contribution in [1.29, 1.82) is 0 Å². The van der Waals surface area contributed by atoms with Crippen LogP contribution in [0, 0.1) is 5.92 Å². The van der Waals surface area contributed by atoms with Gasteiger partial charge in [-0.05, 0) is 73.1 Å². The Morgan fingerprint density at radius 3 is 2.59 bits per heavy atom. The lowest BCUT2D eigenvalue weighted by Crippen LogP contribution is -2.22. The molecule has 4 rings (SSSR count). The maximum atomic E-state index is 13.0. The molecule has 3 aromatic rings. The molecule has 0 aromatic heterocycles. The van der Waals surface area contributed by atoms with Crippen molar-refractivity contribution in [2.24, 2.45) is 5.92 Å². The lowest BCUT2D eigenvalue weighted by molar-refractivity contribution is 0.0893. The Morgan fingerprint density at radius 1 is 0.966 bits per heavy atom. The topological polar surface area (TPSA) is 26.3 Å². The molecule has 1 atom stereocenters. The molecule has 148 valence electrons. The number of carbonyl (C=O) groups excluding carboxylic acids is 1. The minimum atomic E-state index is 0.140. The van der Waals surface area contributed by atoms with Crippen LogP contribution in [0.3, 0.4) is 0 Å². The van der Waals surface area contributed by atoms with E-state index in [1.807, 2.05) is 42.5 Å². The first-order valence-electron chi connectivity index (χ1n) is 10.3. The summed E-state index contributed by atoms with van der Waals surface area (Å²) in [5, 5.41) is 0. The summed E-state index contributed by atoms with van der Waals surface area (Å²) < 4.78 is 7.09. The molecule has 0 heterocycles. The number of aryl methyl sites for hydroxylation is 2. The van der Waals surface area contributed by atoms with Gasteiger partial charge < -0.3 is 4.74 Å². The van der Waals surface area contributed by atoms with Crippen LogP contribution in [0.5, 0.6) is 5.75 Å². The number of benzene rings is 3. The van der Waals surface area contributed by atoms with E-state index in [2.05, 4.69) is 46.3 Å². The van der Waals surface area contributed by atoms with Crippen LogP contribution >= 0.6 is 15.9 Å². The van der Waals surface area contributed by atoms with E-state index in [9.17, 15) is 4.79 Å². The van der Waals surface area contributed by atoms with Crippen molar-refractivity contribution in [1.82, 2.24) is 0 Å². The number of Topliss-reactive ketones (excluding diaryl/α,β-unsaturated/α-hetero) is 1. The van der Waals surface area contributed by atoms with Gasteiger partial charge in [0.25, 0.3) is 0 Å². The van der Waals surface area contributed by atoms with E-state index in [1.165, 1.54) is 5.56 Å². The zero-order valence-corrected chi connectivity index (χ0v) is 18.0. The van der Waals surface area contributed by atoms with E-state index < -0.39 is 0 Å². The summed E-state index contributed by atoms with van der Waals surface area (Å²) >= 11 is 3.61. The molecule has 29 heavy (non-hydrogen) atoms. The molecule has 0 radical (unpaired) electrons. The van der Waals surface area contributed by atoms with Crippen molar-refractivity contribution in [3.8, 4) is 5.75 Å². The van der Waals surface area contributed by atoms with Crippen molar-refractivity contribution in [2.75, 3.05) is 0 Å². The molecule has 3 heteroatoms. The molecule has 0 saturated heterocycles. The van der Waals surface area contributed by atoms with Gasteiger partial charge in [-0.2, -0.15) is 0 Å². The highest BCUT2D eigenvalue weighted by atomic mass is 79.9. The Bertz CT molecular complexity index is 981. The maximum absolute atomic E-state index is 13.0. The molecule has 3 aromatic carbocycles. The van der Waals surface area contributed by atoms with E-state index in [1.54, 1.807) is 0 Å². The lowest BCUT2D eigenvalue weighted by Gasteiger charge is -2.24. The van der Waals surface area contributed by atoms with Crippen molar-refractivity contribution in [3.05, 3.63) is 99.5 Å². The van der Waals surface area contributed by atoms with Gasteiger partial charge in [-0.3, -0.25) is 4.79 Å². The molecule has 0 bridgehead atoms. The van der Waals surface area contributed by atoms with Crippen LogP contribution in [-0.4, -0.2) is 5.78 Å². The summed E-state index contributed by atoms with van der Waals surface area (Å²) in [5.74, 6) is 1.28. The number of carbonyl (C=O) groups is 1. The predicted molar refractivity (Wildman–Crippen MR) is 120 cm³/mol. The molecule has 0 fully saturated rings. The summed E-state index contributed by atoms with van der Waals surface area (Å²) in [5.41, 5.74) is 4.47. The lowest BCUT2D eigenvalue weighted by atomic mass is 9.80. The standard InChI is InChI=1S/C26H25BrO2/c27-25-12-5-4-9-20(25)10-6-11-21-13-14-22-17-23(15-16-24(22)26(21)28)29-18-19-7-2-1-3-8-19/h1-5,7-9,12,15-17,21H,6,10-11,13-14,18H2. The van der Waals surface area contributed by atoms with Gasteiger partial charge in [-0.25, -0.2) is 0 Å². The number of hydrogen-bond donors (Lipinski definition) is 0. The monoisotopic (exact) mass is 448 g/mol. The first-order valence-corrected chi connectivity index (χ1v) is 11.1. The second-order valence-electron chi connectivity index (χ2n) is 7.68. The number of halogens is 1. The Hall–Kier alpha value is -2.39. The quantitative estimate of drug-likeness (QED) is 0.397. The number of rotatable bonds is 7. The summed E-state index contributed by atoms with van der Waals surface area (Å²) in [6, 6.07) is 24.4. The van der Waals surface area contributed by atoms with Crippen LogP contribution < -0.4 is 4.74 Å². The van der Waals surface area contributed by atoms with Crippen LogP contribution in [-0.2, 0) is 19.4 Å². The molecule has 0 N–H and O–H groups in total. The number of fused-ring (bicyclic) bond motifs is 1. The maximum Gasteiger partial charge on any atom is 0.166 e. The normalized spacial score (nSPS) is 15.8. The average Bonchev–Trinajstić information content (AvgIpc) is 2.76. The van der Waals surface area contributed by atoms with Gasteiger partial charge in [-0.15, -0.1) is 0 Å². The first kappa shape index (κ1) is 19.9. The highest BCUT2D eigenvalue weighted by molar-refractivity contribution is 9.10. The van der Waals surface area contributed by atoms with Gasteiger partial charge in [0.1, 0.15) is 12.4 Å². The zero-order valence-electron chi connectivity index (χ0n) is 16.4. The number of hydrogen-bond acceptors (Lipinski definition) is 2. The highest BCUT2D eigenvalue weighted by Crippen LogP contribution is 2.32. The van der Waals surface area contributed by atoms with E-state index in [-0.39, 0.29) is 5.92 Å². The Kier molecular flexibility index (Phi) is 6.46. The van der Waals surface area contributed by atoms with Crippen LogP contribution in [0.15, 0.2) is 77.3 Å². The van der Waals surface area contributed by atoms with Crippen molar-refractivity contribution >= 4 is 21.7 Å². The number of ketones is 1. The van der Waals surface area contributed by atoms with Gasteiger partial charge in [0.15, 0.2) is 5.78 Å². The van der Waals surface area contributed by atoms with Gasteiger partial charge in [0.05, 0.1) is 0 Å². The predicted octanol–water partition coefficient (Wildman–Crippen LogP) is 6.80. The van der Waals surface area contributed by atoms with E-state index in [4.69, 9.17) is 4.74 Å². The molecule has 1 aliphatic rings. The third-order valence-electron chi connectivity index (χ3n) is 5.68. The summed E-state index contributed by atoms with van der Waals surface area (Å²) in [7, 11) is 0. The van der Waals surface area contributed by atoms with Crippen LogP contribution in [0.25, 0.3) is 0 Å². The van der Waals surface area contributed by atoms with Gasteiger partial charge >= 0.3 is 0 Å². The second-order valence-corrected chi connectivity index (χ2v) is 8.53. The smallest absolute Gasteiger partial charge is 0.166 e. The van der Waals surface area contributed by atoms with Crippen LogP contribution in [0.4, 0.5) is 0 Å². The SMILES string of the molecule is O=C1c2ccc(OCc3ccccc3)cc2CCC1CCCc1ccccc1Br. The molecule has 0 aliphatic heterocycles. The fourth-order valence-electron chi connectivity index (χ4n) is 4.04. The third-order valence-corrected chi connectivity index (χ3v) is 6.45. The Morgan fingerprint density at radius 2 is 1.76 bits per heavy atom. The molecular formula is C26H25BrO2. The van der Waals surface area contributed by atoms with Crippen molar-refractivity contribution in [3.63, 3.8) is 0 Å². The highest BCUT2D eigenvalue weighted by Gasteiger charge is 2.27. The summed E-state index contributed by atoms with van der Waals surface area (Å²) in [6.45, 7) is 0.547. The van der Waals surface area contributed by atoms with E-state index >= 15 is 0 Å². The van der Waals surface area contributed by atoms with Crippen molar-refractivity contribution in [2.45, 2.75) is 38.7 Å². The van der Waals surface area contributed by atoms with E-state index in [0.717, 1.165) is 59.0 Å². The molecule has 0 spiro atoms. The fourth-order valence-corrected chi connectivity index (χ4v) is 4.53. The van der Waals surface area contributed by atoms with Gasteiger partial charge in [0.2, 0.25) is 0 Å². The van der Waals surface area contributed by atoms with Gasteiger partial charge in [-0.1, -0.05) is 64.5 Å². The summed E-state index contributed by atoms with van der Waals surface area (Å²) in [4.78, 5) is 13.0. The fraction of sp³-hybridized carbons (Fsp3) is 0.269. The van der Waals surface area contributed by atoms with Crippen LogP contribution in [0.2, 0.25) is 0 Å². The Labute approximate surface area is 181 Å². The minimum Gasteiger partial charge on any atom is -0.489 e. The molecule has 1 aliphatic carbocycles. The molecule has 0 amide bonds. The molecule has 2 nitrogen and oxygen atoms in total. The molecular weight excluding hydrogens is 424 g/mol. The van der Waals surface area contributed by atoms with Crippen LogP contribution in [0.1, 0.15) is 46.3 Å². The zero-order chi connectivity index (χ0) is 20.1. The first-order chi connectivity index (χ1) is 14.2.